The first-order valence-corrected chi connectivity index (χ1v) is 11.0. The first kappa shape index (κ1) is 19.0. The number of carbonyl (C=O) groups is 1. The Labute approximate surface area is 171 Å². The van der Waals surface area contributed by atoms with E-state index in [0.717, 1.165) is 32.3 Å². The topological polar surface area (TPSA) is 73.3 Å². The zero-order valence-corrected chi connectivity index (χ0v) is 17.3. The van der Waals surface area contributed by atoms with Crippen LogP contribution in [0.15, 0.2) is 41.0 Å². The monoisotopic (exact) mass is 415 g/mol. The molecule has 6 nitrogen and oxygen atoms in total. The fourth-order valence-corrected chi connectivity index (χ4v) is 4.86. The Bertz CT molecular complexity index is 990. The maximum Gasteiger partial charge on any atom is 0.230 e. The van der Waals surface area contributed by atoms with E-state index in [9.17, 15) is 4.79 Å². The van der Waals surface area contributed by atoms with Crippen LogP contribution < -0.4 is 14.8 Å². The van der Waals surface area contributed by atoms with Gasteiger partial charge in [-0.05, 0) is 35.1 Å². The molecule has 0 fully saturated rings. The third kappa shape index (κ3) is 4.07. The molecule has 0 saturated carbocycles. The van der Waals surface area contributed by atoms with Crippen molar-refractivity contribution in [3.05, 3.63) is 41.5 Å². The highest BCUT2D eigenvalue weighted by Crippen LogP contribution is 2.34. The summed E-state index contributed by atoms with van der Waals surface area (Å²) in [6.45, 7) is 5.29. The molecule has 1 N–H and O–H groups in total. The van der Waals surface area contributed by atoms with Crippen LogP contribution in [-0.4, -0.2) is 34.8 Å². The molecule has 28 heavy (non-hydrogen) atoms. The zero-order chi connectivity index (χ0) is 19.5. The van der Waals surface area contributed by atoms with Crippen LogP contribution in [0.2, 0.25) is 0 Å². The lowest BCUT2D eigenvalue weighted by Crippen LogP contribution is -2.33. The number of nitrogens with zero attached hydrogens (tertiary/aromatic N) is 2. The molecule has 0 bridgehead atoms. The minimum atomic E-state index is -0.101. The maximum atomic E-state index is 12.6. The number of amides is 1. The number of nitrogens with one attached hydrogen (secondary N) is 1. The molecule has 2 aromatic heterocycles. The van der Waals surface area contributed by atoms with Gasteiger partial charge in [0.1, 0.15) is 24.6 Å². The van der Waals surface area contributed by atoms with Crippen molar-refractivity contribution in [1.29, 1.82) is 0 Å². The summed E-state index contributed by atoms with van der Waals surface area (Å²) in [6.07, 6.45) is 1.54. The van der Waals surface area contributed by atoms with E-state index in [1.165, 1.54) is 11.8 Å². The van der Waals surface area contributed by atoms with Crippen LogP contribution >= 0.6 is 23.1 Å². The molecule has 0 spiro atoms. The highest BCUT2D eigenvalue weighted by Gasteiger charge is 2.21. The number of ether oxygens (including phenoxy) is 2. The molecule has 1 aliphatic heterocycles. The Morgan fingerprint density at radius 3 is 2.86 bits per heavy atom. The Morgan fingerprint density at radius 2 is 2.04 bits per heavy atom. The molecule has 3 heterocycles. The van der Waals surface area contributed by atoms with Gasteiger partial charge in [-0.2, -0.15) is 0 Å². The van der Waals surface area contributed by atoms with Crippen LogP contribution in [0.1, 0.15) is 25.5 Å². The largest absolute Gasteiger partial charge is 0.486 e. The number of rotatable bonds is 6. The summed E-state index contributed by atoms with van der Waals surface area (Å²) in [6, 6.07) is 7.73. The molecule has 0 saturated heterocycles. The van der Waals surface area contributed by atoms with Crippen molar-refractivity contribution in [2.24, 2.45) is 5.92 Å². The average Bonchev–Trinajstić information content (AvgIpc) is 3.19. The fourth-order valence-electron chi connectivity index (χ4n) is 3.11. The fraction of sp³-hybridized carbons (Fsp3) is 0.350. The van der Waals surface area contributed by atoms with E-state index in [2.05, 4.69) is 29.1 Å². The molecule has 8 heteroatoms. The molecule has 3 aromatic rings. The number of carbonyl (C=O) groups excluding carboxylic acids is 1. The van der Waals surface area contributed by atoms with Gasteiger partial charge in [-0.1, -0.05) is 31.7 Å². The molecule has 4 rings (SSSR count). The van der Waals surface area contributed by atoms with Crippen LogP contribution in [0.3, 0.4) is 0 Å². The summed E-state index contributed by atoms with van der Waals surface area (Å²) in [7, 11) is 0. The number of thioether (sulfide) groups is 1. The molecule has 1 atom stereocenters. The standard InChI is InChI=1S/C20H21N3O3S2/c1-12(2)18(13-3-4-15-16(9-13)26-7-6-25-15)23-17(24)10-28-20-19-14(5-8-27-19)21-11-22-20/h3-5,8-9,11-12,18H,6-7,10H2,1-2H3,(H,23,24)/t18-/m0/s1. The summed E-state index contributed by atoms with van der Waals surface area (Å²) in [5.41, 5.74) is 1.93. The number of hydrogen-bond donors (Lipinski definition) is 1. The Morgan fingerprint density at radius 1 is 1.21 bits per heavy atom. The van der Waals surface area contributed by atoms with Gasteiger partial charge in [0, 0.05) is 0 Å². The normalized spacial score (nSPS) is 14.2. The third-order valence-electron chi connectivity index (χ3n) is 4.46. The van der Waals surface area contributed by atoms with Crippen molar-refractivity contribution in [3.8, 4) is 11.5 Å². The summed E-state index contributed by atoms with van der Waals surface area (Å²) < 4.78 is 12.3. The highest BCUT2D eigenvalue weighted by molar-refractivity contribution is 8.00. The summed E-state index contributed by atoms with van der Waals surface area (Å²) in [5.74, 6) is 2.00. The molecule has 1 amide bonds. The van der Waals surface area contributed by atoms with Crippen LogP contribution in [0.5, 0.6) is 11.5 Å². The molecular weight excluding hydrogens is 394 g/mol. The number of hydrogen-bond acceptors (Lipinski definition) is 7. The second-order valence-electron chi connectivity index (χ2n) is 6.79. The van der Waals surface area contributed by atoms with Crippen molar-refractivity contribution in [1.82, 2.24) is 15.3 Å². The first-order chi connectivity index (χ1) is 13.6. The van der Waals surface area contributed by atoms with Crippen molar-refractivity contribution in [2.75, 3.05) is 19.0 Å². The van der Waals surface area contributed by atoms with Crippen LogP contribution in [0.4, 0.5) is 0 Å². The molecule has 0 unspecified atom stereocenters. The van der Waals surface area contributed by atoms with Crippen molar-refractivity contribution in [3.63, 3.8) is 0 Å². The van der Waals surface area contributed by atoms with E-state index in [0.29, 0.717) is 19.0 Å². The molecule has 146 valence electrons. The molecule has 0 radical (unpaired) electrons. The van der Waals surface area contributed by atoms with E-state index in [4.69, 9.17) is 9.47 Å². The van der Waals surface area contributed by atoms with E-state index in [1.807, 2.05) is 29.6 Å². The Balaban J connectivity index is 1.44. The SMILES string of the molecule is CC(C)[C@H](NC(=O)CSc1ncnc2ccsc12)c1ccc2c(c1)OCCO2. The van der Waals surface area contributed by atoms with Gasteiger partial charge in [-0.25, -0.2) is 9.97 Å². The minimum absolute atomic E-state index is 0.0260. The average molecular weight is 416 g/mol. The summed E-state index contributed by atoms with van der Waals surface area (Å²) >= 11 is 3.03. The zero-order valence-electron chi connectivity index (χ0n) is 15.7. The van der Waals surface area contributed by atoms with Crippen LogP contribution in [0, 0.1) is 5.92 Å². The van der Waals surface area contributed by atoms with Crippen molar-refractivity contribution in [2.45, 2.75) is 24.9 Å². The van der Waals surface area contributed by atoms with Gasteiger partial charge < -0.3 is 14.8 Å². The lowest BCUT2D eigenvalue weighted by molar-refractivity contribution is -0.119. The van der Waals surface area contributed by atoms with E-state index < -0.39 is 0 Å². The summed E-state index contributed by atoms with van der Waals surface area (Å²) in [5, 5.41) is 5.98. The highest BCUT2D eigenvalue weighted by atomic mass is 32.2. The van der Waals surface area contributed by atoms with E-state index in [-0.39, 0.29) is 17.9 Å². The lowest BCUT2D eigenvalue weighted by Gasteiger charge is -2.25. The second-order valence-corrected chi connectivity index (χ2v) is 8.67. The van der Waals surface area contributed by atoms with Crippen LogP contribution in [-0.2, 0) is 4.79 Å². The Hall–Kier alpha value is -2.32. The molecule has 1 aromatic carbocycles. The van der Waals surface area contributed by atoms with Gasteiger partial charge in [0.2, 0.25) is 5.91 Å². The van der Waals surface area contributed by atoms with Gasteiger partial charge in [-0.3, -0.25) is 4.79 Å². The smallest absolute Gasteiger partial charge is 0.230 e. The van der Waals surface area contributed by atoms with Gasteiger partial charge in [-0.15, -0.1) is 11.3 Å². The number of aromatic nitrogens is 2. The van der Waals surface area contributed by atoms with Gasteiger partial charge >= 0.3 is 0 Å². The van der Waals surface area contributed by atoms with Crippen molar-refractivity contribution >= 4 is 39.2 Å². The van der Waals surface area contributed by atoms with Crippen molar-refractivity contribution < 1.29 is 14.3 Å². The number of benzene rings is 1. The predicted molar refractivity (Wildman–Crippen MR) is 111 cm³/mol. The predicted octanol–water partition coefficient (Wildman–Crippen LogP) is 4.07. The van der Waals surface area contributed by atoms with Gasteiger partial charge in [0.15, 0.2) is 11.5 Å². The molecule has 0 aliphatic carbocycles. The number of thiophene rings is 1. The minimum Gasteiger partial charge on any atom is -0.486 e. The second kappa shape index (κ2) is 8.36. The Kier molecular flexibility index (Phi) is 5.68. The summed E-state index contributed by atoms with van der Waals surface area (Å²) in [4.78, 5) is 21.2. The quantitative estimate of drug-likeness (QED) is 0.483. The number of fused-ring (bicyclic) bond motifs is 2. The molecule has 1 aliphatic rings. The first-order valence-electron chi connectivity index (χ1n) is 9.11. The van der Waals surface area contributed by atoms with Gasteiger partial charge in [0.25, 0.3) is 0 Å². The molecular formula is C20H21N3O3S2. The maximum absolute atomic E-state index is 12.6. The van der Waals surface area contributed by atoms with E-state index in [1.54, 1.807) is 17.7 Å². The lowest BCUT2D eigenvalue weighted by atomic mass is 9.95. The third-order valence-corrected chi connectivity index (χ3v) is 6.49. The van der Waals surface area contributed by atoms with E-state index >= 15 is 0 Å². The van der Waals surface area contributed by atoms with Crippen LogP contribution in [0.25, 0.3) is 10.2 Å². The van der Waals surface area contributed by atoms with Gasteiger partial charge in [0.05, 0.1) is 22.0 Å².